The Kier molecular flexibility index (Phi) is 3.50. The van der Waals surface area contributed by atoms with Gasteiger partial charge in [-0.3, -0.25) is 4.79 Å². The zero-order valence-electron chi connectivity index (χ0n) is 8.42. The molecular formula is C11H10BrClFNO. The van der Waals surface area contributed by atoms with Gasteiger partial charge in [-0.2, -0.15) is 0 Å². The number of halogens is 3. The molecular weight excluding hydrogens is 296 g/mol. The summed E-state index contributed by atoms with van der Waals surface area (Å²) in [5.41, 5.74) is 0.581. The van der Waals surface area contributed by atoms with Gasteiger partial charge in [0.15, 0.2) is 0 Å². The van der Waals surface area contributed by atoms with Gasteiger partial charge in [0.2, 0.25) is 5.91 Å². The summed E-state index contributed by atoms with van der Waals surface area (Å²) in [6, 6.07) is 4.08. The molecule has 86 valence electrons. The third-order valence-electron chi connectivity index (χ3n) is 2.57. The van der Waals surface area contributed by atoms with Gasteiger partial charge >= 0.3 is 0 Å². The van der Waals surface area contributed by atoms with Crippen LogP contribution in [0.2, 0.25) is 5.02 Å². The van der Waals surface area contributed by atoms with Crippen molar-refractivity contribution in [3.05, 3.63) is 29.0 Å². The lowest BCUT2D eigenvalue weighted by Gasteiger charge is -2.30. The zero-order chi connectivity index (χ0) is 11.7. The van der Waals surface area contributed by atoms with E-state index < -0.39 is 5.82 Å². The fourth-order valence-corrected chi connectivity index (χ4v) is 2.61. The van der Waals surface area contributed by atoms with Crippen LogP contribution in [0.4, 0.5) is 10.1 Å². The normalized spacial score (nSPS) is 21.3. The molecule has 0 radical (unpaired) electrons. The first-order chi connectivity index (χ1) is 7.59. The van der Waals surface area contributed by atoms with E-state index in [4.69, 9.17) is 11.6 Å². The highest BCUT2D eigenvalue weighted by Gasteiger charge is 2.28. The number of hydrogen-bond donors (Lipinski definition) is 0. The third kappa shape index (κ3) is 2.23. The monoisotopic (exact) mass is 305 g/mol. The summed E-state index contributed by atoms with van der Waals surface area (Å²) in [6.07, 6.45) is 1.74. The van der Waals surface area contributed by atoms with Crippen molar-refractivity contribution in [3.63, 3.8) is 0 Å². The van der Waals surface area contributed by atoms with Gasteiger partial charge in [0, 0.05) is 6.54 Å². The van der Waals surface area contributed by atoms with Crippen molar-refractivity contribution in [2.45, 2.75) is 17.7 Å². The van der Waals surface area contributed by atoms with Crippen molar-refractivity contribution in [2.75, 3.05) is 11.4 Å². The molecule has 1 heterocycles. The van der Waals surface area contributed by atoms with Crippen LogP contribution in [0.1, 0.15) is 12.8 Å². The highest BCUT2D eigenvalue weighted by Crippen LogP contribution is 2.30. The first-order valence-corrected chi connectivity index (χ1v) is 6.29. The lowest BCUT2D eigenvalue weighted by atomic mass is 10.1. The number of alkyl halides is 1. The molecule has 0 aliphatic carbocycles. The number of carbonyl (C=O) groups excluding carboxylic acids is 1. The molecule has 1 atom stereocenters. The molecule has 1 fully saturated rings. The minimum Gasteiger partial charge on any atom is -0.310 e. The van der Waals surface area contributed by atoms with Gasteiger partial charge in [0.05, 0.1) is 15.5 Å². The second kappa shape index (κ2) is 4.72. The maximum atomic E-state index is 12.9. The van der Waals surface area contributed by atoms with E-state index in [-0.39, 0.29) is 15.8 Å². The summed E-state index contributed by atoms with van der Waals surface area (Å²) in [4.78, 5) is 13.3. The Hall–Kier alpha value is -0.610. The molecule has 0 saturated carbocycles. The number of benzene rings is 1. The molecule has 1 amide bonds. The van der Waals surface area contributed by atoms with E-state index in [1.165, 1.54) is 12.1 Å². The van der Waals surface area contributed by atoms with Crippen LogP contribution in [0.3, 0.4) is 0 Å². The van der Waals surface area contributed by atoms with E-state index in [2.05, 4.69) is 15.9 Å². The Balaban J connectivity index is 2.32. The summed E-state index contributed by atoms with van der Waals surface area (Å²) in [6.45, 7) is 0.631. The van der Waals surface area contributed by atoms with Gasteiger partial charge in [-0.25, -0.2) is 4.39 Å². The molecule has 0 N–H and O–H groups in total. The Morgan fingerprint density at radius 1 is 1.50 bits per heavy atom. The molecule has 5 heteroatoms. The Labute approximate surface area is 107 Å². The van der Waals surface area contributed by atoms with E-state index in [1.54, 1.807) is 11.0 Å². The summed E-state index contributed by atoms with van der Waals surface area (Å²) < 4.78 is 12.9. The van der Waals surface area contributed by atoms with Gasteiger partial charge in [0.1, 0.15) is 5.82 Å². The maximum Gasteiger partial charge on any atom is 0.240 e. The number of carbonyl (C=O) groups is 1. The summed E-state index contributed by atoms with van der Waals surface area (Å²) >= 11 is 9.25. The van der Waals surface area contributed by atoms with E-state index in [0.29, 0.717) is 12.2 Å². The number of amides is 1. The maximum absolute atomic E-state index is 12.9. The summed E-state index contributed by atoms with van der Waals surface area (Å²) in [7, 11) is 0. The number of anilines is 1. The number of rotatable bonds is 1. The third-order valence-corrected chi connectivity index (χ3v) is 3.73. The quantitative estimate of drug-likeness (QED) is 0.729. The van der Waals surface area contributed by atoms with Crippen molar-refractivity contribution < 1.29 is 9.18 Å². The Morgan fingerprint density at radius 3 is 2.94 bits per heavy atom. The minimum atomic E-state index is -0.395. The highest BCUT2D eigenvalue weighted by molar-refractivity contribution is 9.10. The van der Waals surface area contributed by atoms with Crippen LogP contribution in [-0.4, -0.2) is 17.3 Å². The predicted molar refractivity (Wildman–Crippen MR) is 65.7 cm³/mol. The number of piperidine rings is 1. The molecule has 0 aromatic heterocycles. The second-order valence-electron chi connectivity index (χ2n) is 3.70. The van der Waals surface area contributed by atoms with Gasteiger partial charge in [-0.1, -0.05) is 27.5 Å². The van der Waals surface area contributed by atoms with Gasteiger partial charge in [-0.05, 0) is 31.0 Å². The lowest BCUT2D eigenvalue weighted by molar-refractivity contribution is -0.118. The van der Waals surface area contributed by atoms with Crippen molar-refractivity contribution in [1.82, 2.24) is 0 Å². The molecule has 2 nitrogen and oxygen atoms in total. The fourth-order valence-electron chi connectivity index (χ4n) is 1.77. The van der Waals surface area contributed by atoms with Crippen LogP contribution in [0.25, 0.3) is 0 Å². The standard InChI is InChI=1S/C11H10BrClFNO/c12-8-2-1-5-15(11(8)16)10-4-3-7(14)6-9(10)13/h3-4,6,8H,1-2,5H2. The number of nitrogens with zero attached hydrogens (tertiary/aromatic N) is 1. The van der Waals surface area contributed by atoms with Crippen molar-refractivity contribution in [3.8, 4) is 0 Å². The topological polar surface area (TPSA) is 20.3 Å². The smallest absolute Gasteiger partial charge is 0.240 e. The molecule has 1 saturated heterocycles. The molecule has 2 rings (SSSR count). The predicted octanol–water partition coefficient (Wildman–Crippen LogP) is 3.37. The lowest BCUT2D eigenvalue weighted by Crippen LogP contribution is -2.41. The Bertz CT molecular complexity index is 426. The average molecular weight is 307 g/mol. The van der Waals surface area contributed by atoms with Crippen molar-refractivity contribution >= 4 is 39.1 Å². The second-order valence-corrected chi connectivity index (χ2v) is 5.21. The first kappa shape index (κ1) is 11.9. The summed E-state index contributed by atoms with van der Waals surface area (Å²) in [5.74, 6) is -0.409. The molecule has 1 unspecified atom stereocenters. The van der Waals surface area contributed by atoms with Crippen molar-refractivity contribution in [1.29, 1.82) is 0 Å². The molecule has 1 aromatic rings. The van der Waals surface area contributed by atoms with Crippen LogP contribution < -0.4 is 4.90 Å². The molecule has 0 spiro atoms. The minimum absolute atomic E-state index is 0.0141. The average Bonchev–Trinajstić information content (AvgIpc) is 2.23. The molecule has 16 heavy (non-hydrogen) atoms. The largest absolute Gasteiger partial charge is 0.310 e. The molecule has 0 bridgehead atoms. The summed E-state index contributed by atoms with van der Waals surface area (Å²) in [5, 5.41) is 0.273. The van der Waals surface area contributed by atoms with E-state index in [0.717, 1.165) is 12.8 Å². The van der Waals surface area contributed by atoms with E-state index in [9.17, 15) is 9.18 Å². The first-order valence-electron chi connectivity index (χ1n) is 5.00. The van der Waals surface area contributed by atoms with Gasteiger partial charge < -0.3 is 4.90 Å². The van der Waals surface area contributed by atoms with Crippen LogP contribution >= 0.6 is 27.5 Å². The zero-order valence-corrected chi connectivity index (χ0v) is 10.8. The van der Waals surface area contributed by atoms with E-state index >= 15 is 0 Å². The Morgan fingerprint density at radius 2 is 2.25 bits per heavy atom. The van der Waals surface area contributed by atoms with Crippen LogP contribution in [0.15, 0.2) is 18.2 Å². The highest BCUT2D eigenvalue weighted by atomic mass is 79.9. The van der Waals surface area contributed by atoms with Crippen molar-refractivity contribution in [2.24, 2.45) is 0 Å². The van der Waals surface area contributed by atoms with Crippen LogP contribution in [-0.2, 0) is 4.79 Å². The molecule has 1 aliphatic rings. The van der Waals surface area contributed by atoms with Crippen LogP contribution in [0.5, 0.6) is 0 Å². The van der Waals surface area contributed by atoms with Gasteiger partial charge in [-0.15, -0.1) is 0 Å². The fraction of sp³-hybridized carbons (Fsp3) is 0.364. The number of hydrogen-bond acceptors (Lipinski definition) is 1. The molecule has 1 aromatic carbocycles. The van der Waals surface area contributed by atoms with E-state index in [1.807, 2.05) is 0 Å². The van der Waals surface area contributed by atoms with Crippen LogP contribution in [0, 0.1) is 5.82 Å². The van der Waals surface area contributed by atoms with Gasteiger partial charge in [0.25, 0.3) is 0 Å². The SMILES string of the molecule is O=C1C(Br)CCCN1c1ccc(F)cc1Cl. The molecule has 1 aliphatic heterocycles.